The first-order chi connectivity index (χ1) is 19.9. The van der Waals surface area contributed by atoms with Gasteiger partial charge in [-0.25, -0.2) is 4.99 Å². The molecule has 1 aliphatic carbocycles. The maximum absolute atomic E-state index is 13.7. The SMILES string of the molecule is Cc1cc(C=C2SC(=Nc3ccccc3)N(C3CCCC3)C2=O)c(C)n1-c1ccc(N2CCOCC2)c([N+](=O)[O-])c1. The van der Waals surface area contributed by atoms with E-state index in [2.05, 4.69) is 0 Å². The Bertz CT molecular complexity index is 1540. The molecule has 3 aliphatic rings. The van der Waals surface area contributed by atoms with E-state index in [1.165, 1.54) is 11.8 Å². The van der Waals surface area contributed by atoms with Crippen molar-refractivity contribution in [1.82, 2.24) is 9.47 Å². The van der Waals surface area contributed by atoms with Crippen LogP contribution in [0.25, 0.3) is 11.8 Å². The van der Waals surface area contributed by atoms with Crippen molar-refractivity contribution in [1.29, 1.82) is 0 Å². The highest BCUT2D eigenvalue weighted by atomic mass is 32.2. The molecule has 3 aromatic rings. The number of nitrogens with zero attached hydrogens (tertiary/aromatic N) is 5. The predicted octanol–water partition coefficient (Wildman–Crippen LogP) is 6.39. The molecule has 2 aromatic carbocycles. The average Bonchev–Trinajstić information content (AvgIpc) is 3.68. The molecule has 2 aliphatic heterocycles. The van der Waals surface area contributed by atoms with Crippen LogP contribution in [0.4, 0.5) is 17.1 Å². The van der Waals surface area contributed by atoms with Gasteiger partial charge in [0.15, 0.2) is 5.17 Å². The number of hydrogen-bond donors (Lipinski definition) is 0. The van der Waals surface area contributed by atoms with E-state index in [4.69, 9.17) is 9.73 Å². The number of hydrogen-bond acceptors (Lipinski definition) is 7. The summed E-state index contributed by atoms with van der Waals surface area (Å²) in [5.74, 6) is -0.00751. The lowest BCUT2D eigenvalue weighted by Gasteiger charge is -2.28. The number of nitro benzene ring substituents is 1. The number of nitro groups is 1. The Morgan fingerprint density at radius 2 is 1.78 bits per heavy atom. The van der Waals surface area contributed by atoms with Crippen LogP contribution in [-0.4, -0.2) is 57.8 Å². The zero-order valence-corrected chi connectivity index (χ0v) is 24.1. The largest absolute Gasteiger partial charge is 0.378 e. The lowest BCUT2D eigenvalue weighted by atomic mass is 10.2. The Balaban J connectivity index is 1.35. The molecule has 0 unspecified atom stereocenters. The molecule has 0 N–H and O–H groups in total. The summed E-state index contributed by atoms with van der Waals surface area (Å²) in [6, 6.07) is 17.3. The van der Waals surface area contributed by atoms with Crippen LogP contribution in [0.5, 0.6) is 0 Å². The standard InChI is InChI=1S/C31H33N5O4S/c1-21-18-23(22(2)34(21)26-12-13-27(28(20-26)36(38)39)33-14-16-40-17-15-33)19-29-30(37)35(25-10-6-7-11-25)31(41-29)32-24-8-4-3-5-9-24/h3-5,8-9,12-13,18-20,25H,6-7,10-11,14-17H2,1-2H3. The highest BCUT2D eigenvalue weighted by molar-refractivity contribution is 8.18. The Kier molecular flexibility index (Phi) is 7.68. The van der Waals surface area contributed by atoms with Crippen LogP contribution in [-0.2, 0) is 9.53 Å². The van der Waals surface area contributed by atoms with Gasteiger partial charge in [-0.15, -0.1) is 0 Å². The number of thioether (sulfide) groups is 1. The number of anilines is 1. The smallest absolute Gasteiger partial charge is 0.294 e. The van der Waals surface area contributed by atoms with E-state index in [1.807, 2.05) is 82.8 Å². The number of aromatic nitrogens is 1. The summed E-state index contributed by atoms with van der Waals surface area (Å²) >= 11 is 1.42. The van der Waals surface area contributed by atoms with Gasteiger partial charge in [-0.05, 0) is 80.4 Å². The molecule has 41 heavy (non-hydrogen) atoms. The minimum absolute atomic E-state index is 0.00751. The Labute approximate surface area is 243 Å². The topological polar surface area (TPSA) is 93.2 Å². The quantitative estimate of drug-likeness (QED) is 0.194. The van der Waals surface area contributed by atoms with Gasteiger partial charge in [0.1, 0.15) is 5.69 Å². The van der Waals surface area contributed by atoms with Gasteiger partial charge in [0.05, 0.1) is 34.4 Å². The lowest BCUT2D eigenvalue weighted by molar-refractivity contribution is -0.384. The maximum Gasteiger partial charge on any atom is 0.294 e. The van der Waals surface area contributed by atoms with E-state index < -0.39 is 0 Å². The predicted molar refractivity (Wildman–Crippen MR) is 163 cm³/mol. The van der Waals surface area contributed by atoms with Crippen molar-refractivity contribution < 1.29 is 14.5 Å². The molecule has 1 amide bonds. The molecule has 212 valence electrons. The first kappa shape index (κ1) is 27.3. The van der Waals surface area contributed by atoms with Gasteiger partial charge in [0, 0.05) is 36.6 Å². The average molecular weight is 572 g/mol. The Morgan fingerprint density at radius 1 is 1.05 bits per heavy atom. The van der Waals surface area contributed by atoms with Gasteiger partial charge in [-0.3, -0.25) is 19.8 Å². The van der Waals surface area contributed by atoms with Crippen LogP contribution in [0.3, 0.4) is 0 Å². The number of aryl methyl sites for hydroxylation is 1. The second-order valence-electron chi connectivity index (χ2n) is 10.6. The lowest BCUT2D eigenvalue weighted by Crippen LogP contribution is -2.37. The zero-order valence-electron chi connectivity index (χ0n) is 23.3. The Hall–Kier alpha value is -3.89. The number of benzene rings is 2. The third kappa shape index (κ3) is 5.41. The van der Waals surface area contributed by atoms with Crippen molar-refractivity contribution in [2.45, 2.75) is 45.6 Å². The highest BCUT2D eigenvalue weighted by Gasteiger charge is 2.39. The van der Waals surface area contributed by atoms with Gasteiger partial charge < -0.3 is 14.2 Å². The summed E-state index contributed by atoms with van der Waals surface area (Å²) in [5.41, 5.74) is 4.99. The van der Waals surface area contributed by atoms with Crippen molar-refractivity contribution >= 4 is 46.0 Å². The molecule has 9 nitrogen and oxygen atoms in total. The first-order valence-electron chi connectivity index (χ1n) is 14.1. The molecule has 3 heterocycles. The van der Waals surface area contributed by atoms with Crippen molar-refractivity contribution in [2.24, 2.45) is 4.99 Å². The van der Waals surface area contributed by atoms with Gasteiger partial charge >= 0.3 is 0 Å². The third-order valence-electron chi connectivity index (χ3n) is 8.03. The summed E-state index contributed by atoms with van der Waals surface area (Å²) in [6.07, 6.45) is 6.16. The van der Waals surface area contributed by atoms with Crippen LogP contribution >= 0.6 is 11.8 Å². The van der Waals surface area contributed by atoms with Crippen LogP contribution < -0.4 is 4.90 Å². The molecule has 0 radical (unpaired) electrons. The molecule has 10 heteroatoms. The minimum atomic E-state index is -0.315. The van der Waals surface area contributed by atoms with Gasteiger partial charge in [-0.1, -0.05) is 31.0 Å². The van der Waals surface area contributed by atoms with E-state index in [9.17, 15) is 14.9 Å². The number of carbonyl (C=O) groups is 1. The van der Waals surface area contributed by atoms with Crippen LogP contribution in [0.2, 0.25) is 0 Å². The number of aliphatic imine (C=N–C) groups is 1. The van der Waals surface area contributed by atoms with Gasteiger partial charge in [0.2, 0.25) is 0 Å². The number of ether oxygens (including phenoxy) is 1. The van der Waals surface area contributed by atoms with E-state index >= 15 is 0 Å². The minimum Gasteiger partial charge on any atom is -0.378 e. The fourth-order valence-electron chi connectivity index (χ4n) is 6.00. The highest BCUT2D eigenvalue weighted by Crippen LogP contribution is 2.40. The fraction of sp³-hybridized carbons (Fsp3) is 0.355. The molecule has 0 bridgehead atoms. The van der Waals surface area contributed by atoms with Crippen molar-refractivity contribution in [3.8, 4) is 5.69 Å². The van der Waals surface area contributed by atoms with Crippen molar-refractivity contribution in [2.75, 3.05) is 31.2 Å². The monoisotopic (exact) mass is 571 g/mol. The molecular weight excluding hydrogens is 538 g/mol. The fourth-order valence-corrected chi connectivity index (χ4v) is 7.05. The third-order valence-corrected chi connectivity index (χ3v) is 9.01. The zero-order chi connectivity index (χ0) is 28.5. The summed E-state index contributed by atoms with van der Waals surface area (Å²) in [4.78, 5) is 34.9. The van der Waals surface area contributed by atoms with E-state index in [0.717, 1.165) is 59.2 Å². The molecule has 0 spiro atoms. The number of morpholine rings is 1. The van der Waals surface area contributed by atoms with Crippen molar-refractivity contribution in [3.63, 3.8) is 0 Å². The van der Waals surface area contributed by atoms with E-state index in [0.29, 0.717) is 36.9 Å². The maximum atomic E-state index is 13.7. The van der Waals surface area contributed by atoms with Gasteiger partial charge in [-0.2, -0.15) is 0 Å². The summed E-state index contributed by atoms with van der Waals surface area (Å²) in [5, 5.41) is 12.8. The second-order valence-corrected chi connectivity index (χ2v) is 11.7. The number of rotatable bonds is 6. The number of amidine groups is 1. The van der Waals surface area contributed by atoms with E-state index in [-0.39, 0.29) is 22.6 Å². The number of para-hydroxylation sites is 1. The van der Waals surface area contributed by atoms with Crippen LogP contribution in [0.15, 0.2) is 64.5 Å². The van der Waals surface area contributed by atoms with Crippen molar-refractivity contribution in [3.05, 3.63) is 86.6 Å². The molecule has 1 aromatic heterocycles. The normalized spacial score (nSPS) is 20.1. The first-order valence-corrected chi connectivity index (χ1v) is 14.9. The molecule has 6 rings (SSSR count). The molecule has 2 saturated heterocycles. The second kappa shape index (κ2) is 11.5. The van der Waals surface area contributed by atoms with Crippen LogP contribution in [0, 0.1) is 24.0 Å². The van der Waals surface area contributed by atoms with Gasteiger partial charge in [0.25, 0.3) is 11.6 Å². The molecule has 1 saturated carbocycles. The van der Waals surface area contributed by atoms with Crippen LogP contribution in [0.1, 0.15) is 42.6 Å². The molecular formula is C31H33N5O4S. The Morgan fingerprint density at radius 3 is 2.49 bits per heavy atom. The number of amides is 1. The molecule has 3 fully saturated rings. The summed E-state index contributed by atoms with van der Waals surface area (Å²) < 4.78 is 7.44. The molecule has 0 atom stereocenters. The van der Waals surface area contributed by atoms with E-state index in [1.54, 1.807) is 6.07 Å². The summed E-state index contributed by atoms with van der Waals surface area (Å²) in [7, 11) is 0. The number of carbonyl (C=O) groups excluding carboxylic acids is 1. The summed E-state index contributed by atoms with van der Waals surface area (Å²) in [6.45, 7) is 6.32.